The van der Waals surface area contributed by atoms with Gasteiger partial charge in [0.15, 0.2) is 5.82 Å². The number of benzene rings is 2. The average molecular weight is 386 g/mol. The van der Waals surface area contributed by atoms with Crippen molar-refractivity contribution in [3.05, 3.63) is 74.0 Å². The van der Waals surface area contributed by atoms with E-state index in [2.05, 4.69) is 10.1 Å². The second-order valence-electron chi connectivity index (χ2n) is 5.33. The summed E-state index contributed by atoms with van der Waals surface area (Å²) >= 11 is 9.03. The van der Waals surface area contributed by atoms with Crippen molar-refractivity contribution in [2.24, 2.45) is 0 Å². The zero-order valence-corrected chi connectivity index (χ0v) is 15.5. The minimum atomic E-state index is -0.158. The molecule has 4 rings (SSSR count). The van der Waals surface area contributed by atoms with Gasteiger partial charge < -0.3 is 0 Å². The van der Waals surface area contributed by atoms with Crippen molar-refractivity contribution >= 4 is 45.7 Å². The molecule has 0 atom stereocenters. The molecule has 0 aliphatic rings. The summed E-state index contributed by atoms with van der Waals surface area (Å²) in [5, 5.41) is 4.95. The molecule has 0 radical (unpaired) electrons. The standard InChI is InChI=1S/C18H12ClN3OS2/c1-24-14-7-5-11(6-8-14)9-15-17(23)22-18(25-15)20-16(21-22)12-3-2-4-13(19)10-12/h2-10H,1H3. The first-order chi connectivity index (χ1) is 12.1. The molecule has 0 aliphatic carbocycles. The first kappa shape index (κ1) is 16.3. The third-order valence-electron chi connectivity index (χ3n) is 3.68. The number of aromatic nitrogens is 3. The largest absolute Gasteiger partial charge is 0.291 e. The Kier molecular flexibility index (Phi) is 4.33. The Morgan fingerprint density at radius 3 is 2.68 bits per heavy atom. The average Bonchev–Trinajstić information content (AvgIpc) is 3.16. The lowest BCUT2D eigenvalue weighted by Gasteiger charge is -1.95. The summed E-state index contributed by atoms with van der Waals surface area (Å²) in [7, 11) is 0. The fourth-order valence-corrected chi connectivity index (χ4v) is 3.94. The lowest BCUT2D eigenvalue weighted by molar-refractivity contribution is 0.937. The molecule has 7 heteroatoms. The van der Waals surface area contributed by atoms with Gasteiger partial charge in [-0.05, 0) is 42.2 Å². The summed E-state index contributed by atoms with van der Waals surface area (Å²) < 4.78 is 1.97. The van der Waals surface area contributed by atoms with Gasteiger partial charge in [0.25, 0.3) is 5.56 Å². The van der Waals surface area contributed by atoms with Crippen LogP contribution >= 0.6 is 34.7 Å². The molecule has 0 bridgehead atoms. The lowest BCUT2D eigenvalue weighted by atomic mass is 10.2. The molecular formula is C18H12ClN3OS2. The molecule has 2 aromatic heterocycles. The zero-order valence-electron chi connectivity index (χ0n) is 13.1. The molecule has 0 N–H and O–H groups in total. The van der Waals surface area contributed by atoms with Crippen LogP contribution in [-0.4, -0.2) is 20.9 Å². The van der Waals surface area contributed by atoms with Crippen molar-refractivity contribution in [2.75, 3.05) is 6.26 Å². The van der Waals surface area contributed by atoms with Crippen molar-refractivity contribution in [2.45, 2.75) is 4.90 Å². The van der Waals surface area contributed by atoms with Crippen molar-refractivity contribution in [3.8, 4) is 11.4 Å². The summed E-state index contributed by atoms with van der Waals surface area (Å²) in [6, 6.07) is 15.4. The van der Waals surface area contributed by atoms with Crippen LogP contribution in [0.5, 0.6) is 0 Å². The van der Waals surface area contributed by atoms with Gasteiger partial charge >= 0.3 is 0 Å². The first-order valence-corrected chi connectivity index (χ1v) is 9.87. The van der Waals surface area contributed by atoms with E-state index in [4.69, 9.17) is 11.6 Å². The summed E-state index contributed by atoms with van der Waals surface area (Å²) in [4.78, 5) is 18.8. The minimum Gasteiger partial charge on any atom is -0.266 e. The highest BCUT2D eigenvalue weighted by atomic mass is 35.5. The van der Waals surface area contributed by atoms with E-state index < -0.39 is 0 Å². The van der Waals surface area contributed by atoms with E-state index in [1.807, 2.05) is 48.7 Å². The smallest absolute Gasteiger partial charge is 0.266 e. The van der Waals surface area contributed by atoms with Crippen LogP contribution in [0.15, 0.2) is 58.2 Å². The Hall–Kier alpha value is -2.15. The maximum absolute atomic E-state index is 12.6. The van der Waals surface area contributed by atoms with E-state index in [0.29, 0.717) is 20.3 Å². The number of thioether (sulfide) groups is 1. The third kappa shape index (κ3) is 3.20. The van der Waals surface area contributed by atoms with Crippen LogP contribution in [0, 0.1) is 0 Å². The van der Waals surface area contributed by atoms with Crippen LogP contribution in [0.4, 0.5) is 0 Å². The van der Waals surface area contributed by atoms with Crippen molar-refractivity contribution < 1.29 is 0 Å². The molecule has 4 aromatic rings. The Bertz CT molecular complexity index is 1170. The van der Waals surface area contributed by atoms with Gasteiger partial charge in [-0.25, -0.2) is 0 Å². The van der Waals surface area contributed by atoms with Gasteiger partial charge in [0, 0.05) is 15.5 Å². The van der Waals surface area contributed by atoms with Gasteiger partial charge in [-0.3, -0.25) is 4.79 Å². The van der Waals surface area contributed by atoms with Crippen LogP contribution in [0.2, 0.25) is 5.02 Å². The molecule has 0 saturated heterocycles. The van der Waals surface area contributed by atoms with E-state index in [0.717, 1.165) is 11.1 Å². The first-order valence-electron chi connectivity index (χ1n) is 7.45. The number of fused-ring (bicyclic) bond motifs is 1. The van der Waals surface area contributed by atoms with Gasteiger partial charge in [-0.2, -0.15) is 9.50 Å². The van der Waals surface area contributed by atoms with Crippen LogP contribution < -0.4 is 10.1 Å². The summed E-state index contributed by atoms with van der Waals surface area (Å²) in [6.45, 7) is 0. The number of hydrogen-bond acceptors (Lipinski definition) is 5. The van der Waals surface area contributed by atoms with Crippen LogP contribution in [0.1, 0.15) is 5.56 Å². The van der Waals surface area contributed by atoms with Crippen LogP contribution in [0.3, 0.4) is 0 Å². The second-order valence-corrected chi connectivity index (χ2v) is 7.65. The molecule has 0 unspecified atom stereocenters. The number of hydrogen-bond donors (Lipinski definition) is 0. The van der Waals surface area contributed by atoms with E-state index in [1.54, 1.807) is 23.9 Å². The maximum atomic E-state index is 12.6. The Balaban J connectivity index is 1.77. The van der Waals surface area contributed by atoms with Gasteiger partial charge in [-0.1, -0.05) is 47.2 Å². The van der Waals surface area contributed by atoms with Gasteiger partial charge in [0.2, 0.25) is 4.96 Å². The molecular weight excluding hydrogens is 374 g/mol. The highest BCUT2D eigenvalue weighted by molar-refractivity contribution is 7.98. The summed E-state index contributed by atoms with van der Waals surface area (Å²) in [5.74, 6) is 0.502. The minimum absolute atomic E-state index is 0.158. The predicted octanol–water partition coefficient (Wildman–Crippen LogP) is 3.74. The molecule has 124 valence electrons. The SMILES string of the molecule is CSc1ccc(C=c2sc3nc(-c4cccc(Cl)c4)nn3c2=O)cc1. The van der Waals surface area contributed by atoms with Crippen molar-refractivity contribution in [3.63, 3.8) is 0 Å². The Labute approximate surface area is 156 Å². The highest BCUT2D eigenvalue weighted by Crippen LogP contribution is 2.20. The lowest BCUT2D eigenvalue weighted by Crippen LogP contribution is -2.23. The molecule has 4 nitrogen and oxygen atoms in total. The summed E-state index contributed by atoms with van der Waals surface area (Å²) in [6.07, 6.45) is 3.90. The van der Waals surface area contributed by atoms with E-state index in [9.17, 15) is 4.79 Å². The van der Waals surface area contributed by atoms with Gasteiger partial charge in [0.1, 0.15) is 0 Å². The molecule has 0 saturated carbocycles. The molecule has 0 spiro atoms. The second kappa shape index (κ2) is 6.63. The van der Waals surface area contributed by atoms with E-state index in [-0.39, 0.29) is 5.56 Å². The monoisotopic (exact) mass is 385 g/mol. The predicted molar refractivity (Wildman–Crippen MR) is 105 cm³/mol. The molecule has 2 heterocycles. The highest BCUT2D eigenvalue weighted by Gasteiger charge is 2.12. The van der Waals surface area contributed by atoms with Crippen molar-refractivity contribution in [1.82, 2.24) is 14.6 Å². The number of halogens is 1. The zero-order chi connectivity index (χ0) is 17.4. The molecule has 25 heavy (non-hydrogen) atoms. The normalized spacial score (nSPS) is 12.2. The fraction of sp³-hybridized carbons (Fsp3) is 0.0556. The quantitative estimate of drug-likeness (QED) is 0.504. The Morgan fingerprint density at radius 2 is 2.00 bits per heavy atom. The number of rotatable bonds is 3. The number of nitrogens with zero attached hydrogens (tertiary/aromatic N) is 3. The summed E-state index contributed by atoms with van der Waals surface area (Å²) in [5.41, 5.74) is 1.62. The Morgan fingerprint density at radius 1 is 1.20 bits per heavy atom. The topological polar surface area (TPSA) is 47.3 Å². The third-order valence-corrected chi connectivity index (χ3v) is 5.62. The van der Waals surface area contributed by atoms with Gasteiger partial charge in [0.05, 0.1) is 4.53 Å². The van der Waals surface area contributed by atoms with Gasteiger partial charge in [-0.15, -0.1) is 16.9 Å². The molecule has 0 fully saturated rings. The maximum Gasteiger partial charge on any atom is 0.291 e. The van der Waals surface area contributed by atoms with Crippen molar-refractivity contribution in [1.29, 1.82) is 0 Å². The van der Waals surface area contributed by atoms with Crippen LogP contribution in [0.25, 0.3) is 22.4 Å². The molecule has 0 amide bonds. The van der Waals surface area contributed by atoms with E-state index >= 15 is 0 Å². The number of thiazole rings is 1. The fourth-order valence-electron chi connectivity index (χ4n) is 2.44. The van der Waals surface area contributed by atoms with Crippen LogP contribution in [-0.2, 0) is 0 Å². The molecule has 0 aliphatic heterocycles. The van der Waals surface area contributed by atoms with E-state index in [1.165, 1.54) is 20.7 Å². The molecule has 2 aromatic carbocycles.